The van der Waals surface area contributed by atoms with Crippen molar-refractivity contribution in [2.24, 2.45) is 0 Å². The molecular formula is C20H16O4. The fourth-order valence-electron chi connectivity index (χ4n) is 2.49. The third kappa shape index (κ3) is 3.13. The van der Waals surface area contributed by atoms with Crippen LogP contribution in [0.5, 0.6) is 5.75 Å². The van der Waals surface area contributed by atoms with Gasteiger partial charge in [0.25, 0.3) is 0 Å². The van der Waals surface area contributed by atoms with Gasteiger partial charge < -0.3 is 9.47 Å². The molecule has 3 aromatic carbocycles. The predicted molar refractivity (Wildman–Crippen MR) is 91.3 cm³/mol. The minimum absolute atomic E-state index is 0.184. The topological polar surface area (TPSA) is 52.6 Å². The van der Waals surface area contributed by atoms with Gasteiger partial charge in [0.2, 0.25) is 0 Å². The second-order valence-electron chi connectivity index (χ2n) is 5.13. The van der Waals surface area contributed by atoms with E-state index < -0.39 is 11.9 Å². The Morgan fingerprint density at radius 2 is 1.42 bits per heavy atom. The lowest BCUT2D eigenvalue weighted by atomic mass is 10.1. The van der Waals surface area contributed by atoms with E-state index in [1.807, 2.05) is 36.4 Å². The molecule has 0 spiro atoms. The zero-order valence-corrected chi connectivity index (χ0v) is 13.2. The van der Waals surface area contributed by atoms with E-state index in [2.05, 4.69) is 0 Å². The summed E-state index contributed by atoms with van der Waals surface area (Å²) >= 11 is 0. The highest BCUT2D eigenvalue weighted by molar-refractivity contribution is 6.04. The van der Waals surface area contributed by atoms with Crippen molar-refractivity contribution in [2.75, 3.05) is 6.61 Å². The second-order valence-corrected chi connectivity index (χ2v) is 5.13. The largest absolute Gasteiger partial charge is 0.462 e. The molecule has 0 amide bonds. The van der Waals surface area contributed by atoms with Crippen LogP contribution in [0, 0.1) is 0 Å². The lowest BCUT2D eigenvalue weighted by Crippen LogP contribution is -2.16. The average molecular weight is 320 g/mol. The van der Waals surface area contributed by atoms with Crippen LogP contribution in [0.1, 0.15) is 27.6 Å². The van der Waals surface area contributed by atoms with Gasteiger partial charge >= 0.3 is 11.9 Å². The van der Waals surface area contributed by atoms with Gasteiger partial charge in [0.05, 0.1) is 17.7 Å². The summed E-state index contributed by atoms with van der Waals surface area (Å²) < 4.78 is 10.5. The Labute approximate surface area is 139 Å². The Hall–Kier alpha value is -3.14. The van der Waals surface area contributed by atoms with Crippen molar-refractivity contribution in [1.82, 2.24) is 0 Å². The standard InChI is InChI=1S/C20H16O4/c1-2-23-19(21)16-11-5-6-12-17(16)20(22)24-18-13-7-9-14-8-3-4-10-15(14)18/h3-13H,2H2,1H3. The Balaban J connectivity index is 1.94. The molecule has 0 aliphatic rings. The van der Waals surface area contributed by atoms with Gasteiger partial charge in [0, 0.05) is 5.39 Å². The number of carbonyl (C=O) groups is 2. The molecule has 0 aliphatic heterocycles. The maximum atomic E-state index is 12.6. The zero-order chi connectivity index (χ0) is 16.9. The molecular weight excluding hydrogens is 304 g/mol. The molecule has 3 rings (SSSR count). The van der Waals surface area contributed by atoms with E-state index in [0.29, 0.717) is 5.75 Å². The number of carbonyl (C=O) groups excluding carboxylic acids is 2. The van der Waals surface area contributed by atoms with Crippen molar-refractivity contribution < 1.29 is 19.1 Å². The minimum atomic E-state index is -0.588. The Kier molecular flexibility index (Phi) is 4.57. The molecule has 0 saturated carbocycles. The number of benzene rings is 3. The van der Waals surface area contributed by atoms with Crippen molar-refractivity contribution >= 4 is 22.7 Å². The molecule has 120 valence electrons. The van der Waals surface area contributed by atoms with Crippen LogP contribution in [0.4, 0.5) is 0 Å². The average Bonchev–Trinajstić information content (AvgIpc) is 2.62. The Morgan fingerprint density at radius 1 is 0.792 bits per heavy atom. The zero-order valence-electron chi connectivity index (χ0n) is 13.2. The maximum Gasteiger partial charge on any atom is 0.344 e. The Morgan fingerprint density at radius 3 is 2.17 bits per heavy atom. The molecule has 0 aliphatic carbocycles. The van der Waals surface area contributed by atoms with Gasteiger partial charge in [0.1, 0.15) is 5.75 Å². The molecule has 0 atom stereocenters. The van der Waals surface area contributed by atoms with Gasteiger partial charge in [-0.2, -0.15) is 0 Å². The molecule has 0 heterocycles. The third-order valence-corrected chi connectivity index (χ3v) is 3.59. The van der Waals surface area contributed by atoms with Crippen LogP contribution >= 0.6 is 0 Å². The summed E-state index contributed by atoms with van der Waals surface area (Å²) in [6.45, 7) is 1.96. The molecule has 3 aromatic rings. The highest BCUT2D eigenvalue weighted by Crippen LogP contribution is 2.26. The summed E-state index contributed by atoms with van der Waals surface area (Å²) in [6, 6.07) is 19.6. The lowest BCUT2D eigenvalue weighted by Gasteiger charge is -2.10. The molecule has 0 N–H and O–H groups in total. The van der Waals surface area contributed by atoms with Crippen molar-refractivity contribution in [3.8, 4) is 5.75 Å². The van der Waals surface area contributed by atoms with Crippen LogP contribution in [0.2, 0.25) is 0 Å². The molecule has 4 heteroatoms. The SMILES string of the molecule is CCOC(=O)c1ccccc1C(=O)Oc1cccc2ccccc12. The van der Waals surface area contributed by atoms with E-state index in [1.165, 1.54) is 0 Å². The van der Waals surface area contributed by atoms with Gasteiger partial charge in [-0.1, -0.05) is 48.5 Å². The van der Waals surface area contributed by atoms with Gasteiger partial charge in [-0.05, 0) is 30.5 Å². The van der Waals surface area contributed by atoms with Crippen LogP contribution in [-0.4, -0.2) is 18.5 Å². The summed E-state index contributed by atoms with van der Waals surface area (Å²) in [6.07, 6.45) is 0. The molecule has 0 fully saturated rings. The van der Waals surface area contributed by atoms with Gasteiger partial charge in [0.15, 0.2) is 0 Å². The highest BCUT2D eigenvalue weighted by atomic mass is 16.5. The lowest BCUT2D eigenvalue weighted by molar-refractivity contribution is 0.0517. The van der Waals surface area contributed by atoms with Crippen LogP contribution in [-0.2, 0) is 4.74 Å². The van der Waals surface area contributed by atoms with E-state index in [9.17, 15) is 9.59 Å². The fraction of sp³-hybridized carbons (Fsp3) is 0.100. The van der Waals surface area contributed by atoms with E-state index in [1.54, 1.807) is 37.3 Å². The summed E-state index contributed by atoms with van der Waals surface area (Å²) in [5.74, 6) is -0.672. The predicted octanol–water partition coefficient (Wildman–Crippen LogP) is 4.24. The summed E-state index contributed by atoms with van der Waals surface area (Å²) in [4.78, 5) is 24.6. The number of esters is 2. The molecule has 0 bridgehead atoms. The van der Waals surface area contributed by atoms with E-state index in [4.69, 9.17) is 9.47 Å². The maximum absolute atomic E-state index is 12.6. The monoisotopic (exact) mass is 320 g/mol. The van der Waals surface area contributed by atoms with Crippen molar-refractivity contribution in [1.29, 1.82) is 0 Å². The number of ether oxygens (including phenoxy) is 2. The molecule has 24 heavy (non-hydrogen) atoms. The Bertz CT molecular complexity index is 894. The van der Waals surface area contributed by atoms with Crippen molar-refractivity contribution in [3.05, 3.63) is 77.9 Å². The van der Waals surface area contributed by atoms with E-state index in [0.717, 1.165) is 10.8 Å². The molecule has 0 aromatic heterocycles. The fourth-order valence-corrected chi connectivity index (χ4v) is 2.49. The number of rotatable bonds is 4. The van der Waals surface area contributed by atoms with Crippen LogP contribution in [0.15, 0.2) is 66.7 Å². The molecule has 0 unspecified atom stereocenters. The highest BCUT2D eigenvalue weighted by Gasteiger charge is 2.19. The summed E-state index contributed by atoms with van der Waals surface area (Å²) in [5, 5.41) is 1.81. The first-order valence-corrected chi connectivity index (χ1v) is 7.67. The first kappa shape index (κ1) is 15.7. The number of hydrogen-bond acceptors (Lipinski definition) is 4. The van der Waals surface area contributed by atoms with Crippen LogP contribution in [0.3, 0.4) is 0 Å². The second kappa shape index (κ2) is 6.96. The molecule has 4 nitrogen and oxygen atoms in total. The van der Waals surface area contributed by atoms with Crippen molar-refractivity contribution in [3.63, 3.8) is 0 Å². The van der Waals surface area contributed by atoms with Crippen molar-refractivity contribution in [2.45, 2.75) is 6.92 Å². The van der Waals surface area contributed by atoms with Gasteiger partial charge in [-0.15, -0.1) is 0 Å². The third-order valence-electron chi connectivity index (χ3n) is 3.59. The van der Waals surface area contributed by atoms with Gasteiger partial charge in [-0.25, -0.2) is 9.59 Å². The quantitative estimate of drug-likeness (QED) is 0.533. The summed E-state index contributed by atoms with van der Waals surface area (Å²) in [7, 11) is 0. The van der Waals surface area contributed by atoms with E-state index >= 15 is 0 Å². The smallest absolute Gasteiger partial charge is 0.344 e. The number of fused-ring (bicyclic) bond motifs is 1. The minimum Gasteiger partial charge on any atom is -0.462 e. The first-order chi connectivity index (χ1) is 11.7. The summed E-state index contributed by atoms with van der Waals surface area (Å²) in [5.41, 5.74) is 0.383. The normalized spacial score (nSPS) is 10.4. The van der Waals surface area contributed by atoms with Crippen LogP contribution in [0.25, 0.3) is 10.8 Å². The first-order valence-electron chi connectivity index (χ1n) is 7.67. The molecule has 0 saturated heterocycles. The molecule has 0 radical (unpaired) electrons. The number of hydrogen-bond donors (Lipinski definition) is 0. The van der Waals surface area contributed by atoms with E-state index in [-0.39, 0.29) is 17.7 Å². The van der Waals surface area contributed by atoms with Gasteiger partial charge in [-0.3, -0.25) is 0 Å². The van der Waals surface area contributed by atoms with Crippen LogP contribution < -0.4 is 4.74 Å².